The number of methoxy groups -OCH3 is 1. The van der Waals surface area contributed by atoms with Crippen molar-refractivity contribution in [1.82, 2.24) is 0 Å². The molecule has 1 amide bonds. The van der Waals surface area contributed by atoms with Gasteiger partial charge in [-0.15, -0.1) is 0 Å². The number of carbonyl (C=O) groups excluding carboxylic acids is 2. The normalized spacial score (nSPS) is 11.3. The van der Waals surface area contributed by atoms with Crippen molar-refractivity contribution in [2.24, 2.45) is 5.90 Å². The summed E-state index contributed by atoms with van der Waals surface area (Å²) in [4.78, 5) is 28.1. The lowest BCUT2D eigenvalue weighted by Gasteiger charge is -2.22. The topological polar surface area (TPSA) is 90.6 Å². The van der Waals surface area contributed by atoms with Gasteiger partial charge in [0.15, 0.2) is 0 Å². The maximum Gasteiger partial charge on any atom is 0.358 e. The number of nitrogens with one attached hydrogen (secondary N) is 1. The van der Waals surface area contributed by atoms with Crippen LogP contribution in [0.15, 0.2) is 48.5 Å². The standard InChI is InChI=1S/C21H24N2O4/c1-21(2,3)16-11-9-14(13-18(16)26-4)10-12-19(24)23-17-8-6-5-7-15(17)20(25)27-22/h5-13H,22H2,1-4H3,(H,23,24)/b12-10+. The van der Waals surface area contributed by atoms with Crippen LogP contribution in [0.1, 0.15) is 42.3 Å². The molecule has 0 heterocycles. The molecule has 2 rings (SSSR count). The molecule has 2 aromatic rings. The largest absolute Gasteiger partial charge is 0.496 e. The maximum absolute atomic E-state index is 12.2. The third kappa shape index (κ3) is 5.18. The van der Waals surface area contributed by atoms with Crippen molar-refractivity contribution in [2.45, 2.75) is 26.2 Å². The summed E-state index contributed by atoms with van der Waals surface area (Å²) >= 11 is 0. The smallest absolute Gasteiger partial charge is 0.358 e. The summed E-state index contributed by atoms with van der Waals surface area (Å²) in [5.74, 6) is 4.58. The van der Waals surface area contributed by atoms with Gasteiger partial charge in [0.1, 0.15) is 5.75 Å². The number of ether oxygens (including phenoxy) is 1. The molecule has 27 heavy (non-hydrogen) atoms. The average molecular weight is 368 g/mol. The van der Waals surface area contributed by atoms with E-state index in [0.717, 1.165) is 16.9 Å². The molecule has 0 unspecified atom stereocenters. The lowest BCUT2D eigenvalue weighted by atomic mass is 9.86. The van der Waals surface area contributed by atoms with Crippen molar-refractivity contribution in [1.29, 1.82) is 0 Å². The lowest BCUT2D eigenvalue weighted by Crippen LogP contribution is -2.15. The number of amides is 1. The molecule has 0 aliphatic carbocycles. The van der Waals surface area contributed by atoms with Crippen LogP contribution < -0.4 is 16.0 Å². The summed E-state index contributed by atoms with van der Waals surface area (Å²) < 4.78 is 5.47. The van der Waals surface area contributed by atoms with Crippen molar-refractivity contribution in [3.8, 4) is 5.75 Å². The van der Waals surface area contributed by atoms with Gasteiger partial charge in [-0.3, -0.25) is 4.79 Å². The van der Waals surface area contributed by atoms with E-state index in [9.17, 15) is 9.59 Å². The Balaban J connectivity index is 2.17. The molecule has 0 aliphatic rings. The summed E-state index contributed by atoms with van der Waals surface area (Å²) in [6.07, 6.45) is 3.06. The van der Waals surface area contributed by atoms with Crippen molar-refractivity contribution in [2.75, 3.05) is 12.4 Å². The van der Waals surface area contributed by atoms with Crippen molar-refractivity contribution in [3.63, 3.8) is 0 Å². The number of para-hydroxylation sites is 1. The summed E-state index contributed by atoms with van der Waals surface area (Å²) in [6, 6.07) is 12.3. The first-order chi connectivity index (χ1) is 12.8. The van der Waals surface area contributed by atoms with Gasteiger partial charge in [-0.1, -0.05) is 45.0 Å². The molecule has 0 spiro atoms. The van der Waals surface area contributed by atoms with E-state index in [2.05, 4.69) is 30.9 Å². The van der Waals surface area contributed by atoms with E-state index < -0.39 is 5.97 Å². The summed E-state index contributed by atoms with van der Waals surface area (Å²) in [5.41, 5.74) is 2.36. The van der Waals surface area contributed by atoms with Gasteiger partial charge in [0, 0.05) is 6.08 Å². The fourth-order valence-corrected chi connectivity index (χ4v) is 2.61. The second kappa shape index (κ2) is 8.51. The average Bonchev–Trinajstić information content (AvgIpc) is 2.65. The molecule has 0 fully saturated rings. The molecular weight excluding hydrogens is 344 g/mol. The molecule has 0 atom stereocenters. The van der Waals surface area contributed by atoms with E-state index in [1.54, 1.807) is 31.4 Å². The fraction of sp³-hybridized carbons (Fsp3) is 0.238. The first kappa shape index (κ1) is 20.2. The molecule has 0 radical (unpaired) electrons. The number of nitrogens with two attached hydrogens (primary N) is 1. The number of hydrogen-bond acceptors (Lipinski definition) is 5. The van der Waals surface area contributed by atoms with Crippen LogP contribution in [0, 0.1) is 0 Å². The van der Waals surface area contributed by atoms with Crippen LogP contribution >= 0.6 is 0 Å². The molecule has 6 heteroatoms. The second-order valence-electron chi connectivity index (χ2n) is 6.98. The van der Waals surface area contributed by atoms with Gasteiger partial charge < -0.3 is 14.9 Å². The molecular formula is C21H24N2O4. The highest BCUT2D eigenvalue weighted by Crippen LogP contribution is 2.32. The molecule has 0 aliphatic heterocycles. The van der Waals surface area contributed by atoms with E-state index in [1.165, 1.54) is 12.1 Å². The molecule has 3 N–H and O–H groups in total. The van der Waals surface area contributed by atoms with Crippen LogP contribution in [0.3, 0.4) is 0 Å². The minimum absolute atomic E-state index is 0.0493. The SMILES string of the molecule is COc1cc(/C=C/C(=O)Nc2ccccc2C(=O)ON)ccc1C(C)(C)C. The molecule has 0 aromatic heterocycles. The van der Waals surface area contributed by atoms with Crippen LogP contribution in [0.5, 0.6) is 5.75 Å². The zero-order valence-electron chi connectivity index (χ0n) is 15.9. The van der Waals surface area contributed by atoms with Crippen molar-refractivity contribution < 1.29 is 19.2 Å². The Hall–Kier alpha value is -3.12. The van der Waals surface area contributed by atoms with Gasteiger partial charge in [0.2, 0.25) is 5.91 Å². The quantitative estimate of drug-likeness (QED) is 0.621. The highest BCUT2D eigenvalue weighted by atomic mass is 16.7. The number of carbonyl (C=O) groups is 2. The van der Waals surface area contributed by atoms with Gasteiger partial charge in [-0.05, 0) is 40.8 Å². The maximum atomic E-state index is 12.2. The molecule has 2 aromatic carbocycles. The number of benzene rings is 2. The molecule has 142 valence electrons. The summed E-state index contributed by atoms with van der Waals surface area (Å²) in [7, 11) is 1.62. The third-order valence-corrected chi connectivity index (χ3v) is 3.97. The Morgan fingerprint density at radius 1 is 1.11 bits per heavy atom. The van der Waals surface area contributed by atoms with E-state index in [0.29, 0.717) is 5.69 Å². The van der Waals surface area contributed by atoms with Gasteiger partial charge in [0.05, 0.1) is 18.4 Å². The van der Waals surface area contributed by atoms with Crippen LogP contribution in [0.2, 0.25) is 0 Å². The second-order valence-corrected chi connectivity index (χ2v) is 6.98. The predicted octanol–water partition coefficient (Wildman–Crippen LogP) is 3.68. The van der Waals surface area contributed by atoms with Gasteiger partial charge in [-0.2, -0.15) is 5.90 Å². The Morgan fingerprint density at radius 3 is 2.44 bits per heavy atom. The summed E-state index contributed by atoms with van der Waals surface area (Å²) in [5, 5.41) is 2.65. The lowest BCUT2D eigenvalue weighted by molar-refractivity contribution is -0.111. The zero-order valence-corrected chi connectivity index (χ0v) is 15.9. The first-order valence-electron chi connectivity index (χ1n) is 8.44. The van der Waals surface area contributed by atoms with E-state index in [-0.39, 0.29) is 16.9 Å². The van der Waals surface area contributed by atoms with Gasteiger partial charge in [0.25, 0.3) is 0 Å². The highest BCUT2D eigenvalue weighted by Gasteiger charge is 2.18. The van der Waals surface area contributed by atoms with Crippen LogP contribution in [-0.4, -0.2) is 19.0 Å². The minimum Gasteiger partial charge on any atom is -0.496 e. The third-order valence-electron chi connectivity index (χ3n) is 3.97. The zero-order chi connectivity index (χ0) is 20.0. The van der Waals surface area contributed by atoms with Crippen LogP contribution in [0.4, 0.5) is 5.69 Å². The number of rotatable bonds is 5. The van der Waals surface area contributed by atoms with Crippen molar-refractivity contribution >= 4 is 23.6 Å². The summed E-state index contributed by atoms with van der Waals surface area (Å²) in [6.45, 7) is 6.33. The van der Waals surface area contributed by atoms with E-state index in [4.69, 9.17) is 10.6 Å². The van der Waals surface area contributed by atoms with Crippen LogP contribution in [0.25, 0.3) is 6.08 Å². The monoisotopic (exact) mass is 368 g/mol. The van der Waals surface area contributed by atoms with E-state index >= 15 is 0 Å². The number of anilines is 1. The van der Waals surface area contributed by atoms with Crippen molar-refractivity contribution in [3.05, 3.63) is 65.2 Å². The first-order valence-corrected chi connectivity index (χ1v) is 8.44. The molecule has 0 bridgehead atoms. The molecule has 0 saturated heterocycles. The Bertz CT molecular complexity index is 867. The molecule has 6 nitrogen and oxygen atoms in total. The van der Waals surface area contributed by atoms with Gasteiger partial charge >= 0.3 is 5.97 Å². The Labute approximate surface area is 158 Å². The molecule has 0 saturated carbocycles. The Morgan fingerprint density at radius 2 is 1.81 bits per heavy atom. The number of hydrogen-bond donors (Lipinski definition) is 2. The Kier molecular flexibility index (Phi) is 6.36. The van der Waals surface area contributed by atoms with Crippen LogP contribution in [-0.2, 0) is 15.0 Å². The predicted molar refractivity (Wildman–Crippen MR) is 105 cm³/mol. The van der Waals surface area contributed by atoms with Gasteiger partial charge in [-0.25, -0.2) is 4.79 Å². The minimum atomic E-state index is -0.725. The highest BCUT2D eigenvalue weighted by molar-refractivity contribution is 6.06. The fourth-order valence-electron chi connectivity index (χ4n) is 2.61. The van der Waals surface area contributed by atoms with E-state index in [1.807, 2.05) is 18.2 Å².